The fourth-order valence-electron chi connectivity index (χ4n) is 4.56. The molecule has 3 heterocycles. The van der Waals surface area contributed by atoms with E-state index in [2.05, 4.69) is 25.0 Å². The number of H-pyrrole nitrogens is 1. The number of aryl methyl sites for hydroxylation is 1. The SMILES string of the molecule is Cc1[nH]ncc1C(c1ccc(F)cc1)N1CCN(c2ncccc2-c2ccc(F)cc2)CC1.Cl. The van der Waals surface area contributed by atoms with E-state index < -0.39 is 0 Å². The maximum absolute atomic E-state index is 13.6. The quantitative estimate of drug-likeness (QED) is 0.415. The van der Waals surface area contributed by atoms with Gasteiger partial charge in [0.1, 0.15) is 17.5 Å². The number of aromatic nitrogens is 3. The van der Waals surface area contributed by atoms with Crippen LogP contribution in [0.3, 0.4) is 0 Å². The van der Waals surface area contributed by atoms with Crippen LogP contribution in [0.5, 0.6) is 0 Å². The number of aromatic amines is 1. The summed E-state index contributed by atoms with van der Waals surface area (Å²) >= 11 is 0. The van der Waals surface area contributed by atoms with E-state index in [1.54, 1.807) is 18.3 Å². The lowest BCUT2D eigenvalue weighted by Gasteiger charge is -2.40. The third-order valence-electron chi connectivity index (χ3n) is 6.27. The summed E-state index contributed by atoms with van der Waals surface area (Å²) in [6.07, 6.45) is 3.66. The first-order chi connectivity index (χ1) is 16.1. The fourth-order valence-corrected chi connectivity index (χ4v) is 4.56. The maximum Gasteiger partial charge on any atom is 0.136 e. The third kappa shape index (κ3) is 4.81. The summed E-state index contributed by atoms with van der Waals surface area (Å²) in [5.41, 5.74) is 5.08. The van der Waals surface area contributed by atoms with Gasteiger partial charge < -0.3 is 4.90 Å². The lowest BCUT2D eigenvalue weighted by Crippen LogP contribution is -2.48. The van der Waals surface area contributed by atoms with Crippen molar-refractivity contribution in [1.29, 1.82) is 0 Å². The zero-order chi connectivity index (χ0) is 22.8. The van der Waals surface area contributed by atoms with Gasteiger partial charge in [-0.1, -0.05) is 24.3 Å². The van der Waals surface area contributed by atoms with Crippen LogP contribution in [-0.2, 0) is 0 Å². The molecule has 1 saturated heterocycles. The summed E-state index contributed by atoms with van der Waals surface area (Å²) in [7, 11) is 0. The second-order valence-electron chi connectivity index (χ2n) is 8.31. The van der Waals surface area contributed by atoms with E-state index in [1.165, 1.54) is 24.3 Å². The van der Waals surface area contributed by atoms with Gasteiger partial charge in [0.05, 0.1) is 12.2 Å². The average molecular weight is 482 g/mol. The highest BCUT2D eigenvalue weighted by Gasteiger charge is 2.29. The van der Waals surface area contributed by atoms with E-state index in [9.17, 15) is 8.78 Å². The standard InChI is InChI=1S/C26H25F2N5.ClH/c1-18-24(17-30-31-18)25(20-6-10-22(28)11-7-20)32-13-15-33(16-14-32)26-23(3-2-12-29-26)19-4-8-21(27)9-5-19;/h2-12,17,25H,13-16H2,1H3,(H,30,31);1H. The first kappa shape index (κ1) is 23.9. The van der Waals surface area contributed by atoms with E-state index in [0.29, 0.717) is 0 Å². The highest BCUT2D eigenvalue weighted by atomic mass is 35.5. The molecule has 2 aromatic carbocycles. The molecular weight excluding hydrogens is 456 g/mol. The molecule has 2 aromatic heterocycles. The number of nitrogens with one attached hydrogen (secondary N) is 1. The molecule has 1 fully saturated rings. The minimum atomic E-state index is -0.251. The molecule has 8 heteroatoms. The van der Waals surface area contributed by atoms with Gasteiger partial charge in [0.15, 0.2) is 0 Å². The van der Waals surface area contributed by atoms with Crippen LogP contribution in [0.25, 0.3) is 11.1 Å². The normalized spacial score (nSPS) is 15.1. The highest BCUT2D eigenvalue weighted by Crippen LogP contribution is 2.34. The van der Waals surface area contributed by atoms with Crippen LogP contribution < -0.4 is 4.90 Å². The summed E-state index contributed by atoms with van der Waals surface area (Å²) in [4.78, 5) is 9.34. The first-order valence-corrected chi connectivity index (χ1v) is 11.1. The Kier molecular flexibility index (Phi) is 7.24. The molecule has 176 valence electrons. The Morgan fingerprint density at radius 2 is 1.53 bits per heavy atom. The number of hydrogen-bond donors (Lipinski definition) is 1. The number of benzene rings is 2. The predicted octanol–water partition coefficient (Wildman–Crippen LogP) is 5.39. The predicted molar refractivity (Wildman–Crippen MR) is 132 cm³/mol. The van der Waals surface area contributed by atoms with Gasteiger partial charge in [-0.3, -0.25) is 10.00 Å². The van der Waals surface area contributed by atoms with E-state index in [-0.39, 0.29) is 30.1 Å². The van der Waals surface area contributed by atoms with Gasteiger partial charge in [-0.25, -0.2) is 13.8 Å². The Hall–Kier alpha value is -3.29. The number of pyridine rings is 1. The topological polar surface area (TPSA) is 48.1 Å². The molecule has 1 aliphatic rings. The fraction of sp³-hybridized carbons (Fsp3) is 0.231. The molecule has 0 amide bonds. The van der Waals surface area contributed by atoms with Crippen molar-refractivity contribution < 1.29 is 8.78 Å². The van der Waals surface area contributed by atoms with Gasteiger partial charge in [-0.05, 0) is 54.4 Å². The van der Waals surface area contributed by atoms with Crippen molar-refractivity contribution in [3.8, 4) is 11.1 Å². The molecule has 0 spiro atoms. The lowest BCUT2D eigenvalue weighted by molar-refractivity contribution is 0.211. The van der Waals surface area contributed by atoms with Crippen LogP contribution in [-0.4, -0.2) is 46.3 Å². The second-order valence-corrected chi connectivity index (χ2v) is 8.31. The van der Waals surface area contributed by atoms with Gasteiger partial charge in [0, 0.05) is 49.2 Å². The van der Waals surface area contributed by atoms with Crippen molar-refractivity contribution in [3.05, 3.63) is 102 Å². The van der Waals surface area contributed by atoms with Gasteiger partial charge in [0.25, 0.3) is 0 Å². The molecule has 1 atom stereocenters. The van der Waals surface area contributed by atoms with Gasteiger partial charge in [-0.2, -0.15) is 5.10 Å². The summed E-state index contributed by atoms with van der Waals surface area (Å²) in [5, 5.41) is 7.26. The van der Waals surface area contributed by atoms with Crippen LogP contribution in [0.1, 0.15) is 22.9 Å². The van der Waals surface area contributed by atoms with Crippen molar-refractivity contribution in [2.75, 3.05) is 31.1 Å². The minimum absolute atomic E-state index is 0. The summed E-state index contributed by atoms with van der Waals surface area (Å²) < 4.78 is 27.0. The number of rotatable bonds is 5. The monoisotopic (exact) mass is 481 g/mol. The zero-order valence-corrected chi connectivity index (χ0v) is 19.6. The van der Waals surface area contributed by atoms with Crippen LogP contribution in [0.4, 0.5) is 14.6 Å². The average Bonchev–Trinajstić information content (AvgIpc) is 3.27. The second kappa shape index (κ2) is 10.3. The molecule has 1 N–H and O–H groups in total. The first-order valence-electron chi connectivity index (χ1n) is 11.1. The molecule has 1 aliphatic heterocycles. The van der Waals surface area contributed by atoms with Crippen LogP contribution in [0.2, 0.25) is 0 Å². The molecule has 0 aliphatic carbocycles. The maximum atomic E-state index is 13.6. The Balaban J connectivity index is 0.00000274. The molecule has 34 heavy (non-hydrogen) atoms. The Bertz CT molecular complexity index is 1220. The number of anilines is 1. The molecule has 1 unspecified atom stereocenters. The third-order valence-corrected chi connectivity index (χ3v) is 6.27. The van der Waals surface area contributed by atoms with Crippen molar-refractivity contribution >= 4 is 18.2 Å². The van der Waals surface area contributed by atoms with Crippen molar-refractivity contribution in [2.45, 2.75) is 13.0 Å². The summed E-state index contributed by atoms with van der Waals surface area (Å²) in [6, 6.07) is 17.2. The molecule has 0 saturated carbocycles. The molecule has 0 radical (unpaired) electrons. The van der Waals surface area contributed by atoms with E-state index in [0.717, 1.165) is 59.9 Å². The number of hydrogen-bond acceptors (Lipinski definition) is 4. The van der Waals surface area contributed by atoms with Gasteiger partial charge in [-0.15, -0.1) is 12.4 Å². The zero-order valence-electron chi connectivity index (χ0n) is 18.8. The van der Waals surface area contributed by atoms with E-state index in [4.69, 9.17) is 0 Å². The molecule has 4 aromatic rings. The van der Waals surface area contributed by atoms with E-state index >= 15 is 0 Å². The molecular formula is C26H26ClF2N5. The molecule has 5 nitrogen and oxygen atoms in total. The van der Waals surface area contributed by atoms with Crippen LogP contribution in [0.15, 0.2) is 73.1 Å². The number of halogens is 3. The van der Waals surface area contributed by atoms with Gasteiger partial charge >= 0.3 is 0 Å². The van der Waals surface area contributed by atoms with Crippen molar-refractivity contribution in [1.82, 2.24) is 20.1 Å². The number of piperazine rings is 1. The van der Waals surface area contributed by atoms with Crippen LogP contribution in [0, 0.1) is 18.6 Å². The molecule has 5 rings (SSSR count). The number of nitrogens with zero attached hydrogens (tertiary/aromatic N) is 4. The largest absolute Gasteiger partial charge is 0.354 e. The summed E-state index contributed by atoms with van der Waals surface area (Å²) in [6.45, 7) is 5.22. The Morgan fingerprint density at radius 1 is 0.882 bits per heavy atom. The van der Waals surface area contributed by atoms with Crippen molar-refractivity contribution in [2.24, 2.45) is 0 Å². The smallest absolute Gasteiger partial charge is 0.136 e. The van der Waals surface area contributed by atoms with Crippen LogP contribution >= 0.6 is 12.4 Å². The minimum Gasteiger partial charge on any atom is -0.354 e. The lowest BCUT2D eigenvalue weighted by atomic mass is 9.96. The Labute approximate surface area is 203 Å². The highest BCUT2D eigenvalue weighted by molar-refractivity contribution is 5.85. The summed E-state index contributed by atoms with van der Waals surface area (Å²) in [5.74, 6) is 0.412. The van der Waals surface area contributed by atoms with E-state index in [1.807, 2.05) is 37.4 Å². The Morgan fingerprint density at radius 3 is 2.15 bits per heavy atom. The molecule has 0 bridgehead atoms. The van der Waals surface area contributed by atoms with Crippen molar-refractivity contribution in [3.63, 3.8) is 0 Å². The van der Waals surface area contributed by atoms with Gasteiger partial charge in [0.2, 0.25) is 0 Å².